The molecule has 0 radical (unpaired) electrons. The highest BCUT2D eigenvalue weighted by atomic mass is 32.2. The Labute approximate surface area is 126 Å². The molecule has 0 bridgehead atoms. The van der Waals surface area contributed by atoms with Crippen LogP contribution in [0.15, 0.2) is 34.5 Å². The summed E-state index contributed by atoms with van der Waals surface area (Å²) in [6.45, 7) is 2.19. The summed E-state index contributed by atoms with van der Waals surface area (Å²) in [6, 6.07) is 3.61. The average Bonchev–Trinajstić information content (AvgIpc) is 2.50. The second kappa shape index (κ2) is 5.87. The van der Waals surface area contributed by atoms with Crippen molar-refractivity contribution in [3.63, 3.8) is 0 Å². The molecule has 6 nitrogen and oxygen atoms in total. The standard InChI is InChI=1S/C14H16N4O2S/c1-21-14-15-12-4-5-17(9-11(12)13(19)16-14)8-10-2-6-18(20)7-3-10/h2-3,6-7H,4-5,8-9H2,1H3,(H,15,16,19). The quantitative estimate of drug-likeness (QED) is 0.391. The van der Waals surface area contributed by atoms with Gasteiger partial charge in [-0.25, -0.2) is 4.98 Å². The van der Waals surface area contributed by atoms with Gasteiger partial charge in [-0.15, -0.1) is 0 Å². The molecule has 3 rings (SSSR count). The first-order valence-electron chi connectivity index (χ1n) is 6.72. The van der Waals surface area contributed by atoms with Crippen molar-refractivity contribution in [1.82, 2.24) is 14.9 Å². The summed E-state index contributed by atoms with van der Waals surface area (Å²) in [5.74, 6) is 0. The van der Waals surface area contributed by atoms with Crippen molar-refractivity contribution in [3.8, 4) is 0 Å². The summed E-state index contributed by atoms with van der Waals surface area (Å²) in [4.78, 5) is 21.6. The van der Waals surface area contributed by atoms with E-state index in [0.717, 1.165) is 41.1 Å². The SMILES string of the molecule is CSc1nc2c(c(=O)[nH]1)CN(Cc1cc[n+]([O-])cc1)CC2. The lowest BCUT2D eigenvalue weighted by molar-refractivity contribution is -0.605. The predicted octanol–water partition coefficient (Wildman–Crippen LogP) is 0.683. The van der Waals surface area contributed by atoms with Crippen LogP contribution in [0.2, 0.25) is 0 Å². The number of fused-ring (bicyclic) bond motifs is 1. The number of aromatic nitrogens is 3. The lowest BCUT2D eigenvalue weighted by Crippen LogP contribution is -2.35. The van der Waals surface area contributed by atoms with E-state index in [9.17, 15) is 10.0 Å². The Kier molecular flexibility index (Phi) is 3.94. The molecular weight excluding hydrogens is 288 g/mol. The minimum atomic E-state index is -0.0421. The number of nitrogens with one attached hydrogen (secondary N) is 1. The van der Waals surface area contributed by atoms with Gasteiger partial charge in [-0.05, 0) is 11.8 Å². The maximum atomic E-state index is 12.1. The van der Waals surface area contributed by atoms with Crippen LogP contribution in [0.3, 0.4) is 0 Å². The normalized spacial score (nSPS) is 14.9. The molecule has 7 heteroatoms. The highest BCUT2D eigenvalue weighted by molar-refractivity contribution is 7.98. The second-order valence-electron chi connectivity index (χ2n) is 5.03. The average molecular weight is 304 g/mol. The first-order chi connectivity index (χ1) is 10.2. The van der Waals surface area contributed by atoms with Gasteiger partial charge in [0.1, 0.15) is 0 Å². The van der Waals surface area contributed by atoms with Crippen LogP contribution >= 0.6 is 11.8 Å². The van der Waals surface area contributed by atoms with Crippen LogP contribution < -0.4 is 10.3 Å². The van der Waals surface area contributed by atoms with Crippen molar-refractivity contribution in [2.75, 3.05) is 12.8 Å². The number of hydrogen-bond acceptors (Lipinski definition) is 5. The predicted molar refractivity (Wildman–Crippen MR) is 79.9 cm³/mol. The minimum Gasteiger partial charge on any atom is -0.619 e. The van der Waals surface area contributed by atoms with Gasteiger partial charge in [0.25, 0.3) is 5.56 Å². The number of pyridine rings is 1. The third-order valence-corrected chi connectivity index (χ3v) is 4.18. The van der Waals surface area contributed by atoms with Crippen LogP contribution in [0.4, 0.5) is 0 Å². The molecule has 2 aromatic heterocycles. The summed E-state index contributed by atoms with van der Waals surface area (Å²) in [5, 5.41) is 11.7. The van der Waals surface area contributed by atoms with E-state index in [1.54, 1.807) is 0 Å². The largest absolute Gasteiger partial charge is 0.619 e. The molecule has 0 atom stereocenters. The van der Waals surface area contributed by atoms with Gasteiger partial charge in [0, 0.05) is 38.2 Å². The Bertz CT molecular complexity index is 699. The van der Waals surface area contributed by atoms with Gasteiger partial charge in [0.15, 0.2) is 17.6 Å². The van der Waals surface area contributed by atoms with Crippen molar-refractivity contribution < 1.29 is 4.73 Å². The third kappa shape index (κ3) is 3.08. The van der Waals surface area contributed by atoms with Crippen LogP contribution in [0.1, 0.15) is 16.8 Å². The van der Waals surface area contributed by atoms with Crippen LogP contribution in [-0.4, -0.2) is 27.7 Å². The zero-order valence-corrected chi connectivity index (χ0v) is 12.5. The molecule has 0 aromatic carbocycles. The molecule has 0 saturated heterocycles. The van der Waals surface area contributed by atoms with E-state index in [1.807, 2.05) is 18.4 Å². The topological polar surface area (TPSA) is 75.9 Å². The molecule has 1 aliphatic rings. The Morgan fingerprint density at radius 2 is 2.24 bits per heavy atom. The molecule has 0 aliphatic carbocycles. The maximum Gasteiger partial charge on any atom is 0.256 e. The molecule has 0 unspecified atom stereocenters. The minimum absolute atomic E-state index is 0.0421. The molecule has 3 heterocycles. The monoisotopic (exact) mass is 304 g/mol. The molecule has 0 spiro atoms. The fraction of sp³-hybridized carbons (Fsp3) is 0.357. The first-order valence-corrected chi connectivity index (χ1v) is 7.94. The van der Waals surface area contributed by atoms with E-state index < -0.39 is 0 Å². The fourth-order valence-electron chi connectivity index (χ4n) is 2.50. The molecular formula is C14H16N4O2S. The summed E-state index contributed by atoms with van der Waals surface area (Å²) in [6.07, 6.45) is 5.66. The number of hydrogen-bond donors (Lipinski definition) is 1. The summed E-state index contributed by atoms with van der Waals surface area (Å²) < 4.78 is 0.771. The smallest absolute Gasteiger partial charge is 0.256 e. The Morgan fingerprint density at radius 1 is 1.48 bits per heavy atom. The number of rotatable bonds is 3. The number of nitrogens with zero attached hydrogens (tertiary/aromatic N) is 3. The van der Waals surface area contributed by atoms with E-state index in [2.05, 4.69) is 14.9 Å². The highest BCUT2D eigenvalue weighted by Gasteiger charge is 2.21. The van der Waals surface area contributed by atoms with Crippen LogP contribution in [0.25, 0.3) is 0 Å². The molecule has 0 fully saturated rings. The maximum absolute atomic E-state index is 12.1. The van der Waals surface area contributed by atoms with Crippen LogP contribution in [0, 0.1) is 5.21 Å². The van der Waals surface area contributed by atoms with Gasteiger partial charge in [0.2, 0.25) is 0 Å². The summed E-state index contributed by atoms with van der Waals surface area (Å²) in [7, 11) is 0. The Hall–Kier alpha value is -1.86. The molecule has 1 aliphatic heterocycles. The van der Waals surface area contributed by atoms with E-state index >= 15 is 0 Å². The van der Waals surface area contributed by atoms with Gasteiger partial charge < -0.3 is 10.2 Å². The number of thioether (sulfide) groups is 1. The molecule has 2 aromatic rings. The Balaban J connectivity index is 1.78. The van der Waals surface area contributed by atoms with Crippen molar-refractivity contribution >= 4 is 11.8 Å². The van der Waals surface area contributed by atoms with Gasteiger partial charge in [0.05, 0.1) is 11.3 Å². The van der Waals surface area contributed by atoms with Crippen molar-refractivity contribution in [2.45, 2.75) is 24.7 Å². The highest BCUT2D eigenvalue weighted by Crippen LogP contribution is 2.17. The van der Waals surface area contributed by atoms with Gasteiger partial charge >= 0.3 is 0 Å². The molecule has 110 valence electrons. The summed E-state index contributed by atoms with van der Waals surface area (Å²) in [5.41, 5.74) is 2.69. The van der Waals surface area contributed by atoms with E-state index in [4.69, 9.17) is 0 Å². The molecule has 0 saturated carbocycles. The fourth-order valence-corrected chi connectivity index (χ4v) is 2.89. The molecule has 0 amide bonds. The lowest BCUT2D eigenvalue weighted by atomic mass is 10.1. The summed E-state index contributed by atoms with van der Waals surface area (Å²) >= 11 is 1.45. The third-order valence-electron chi connectivity index (χ3n) is 3.60. The van der Waals surface area contributed by atoms with E-state index in [-0.39, 0.29) is 5.56 Å². The van der Waals surface area contributed by atoms with Crippen molar-refractivity contribution in [2.24, 2.45) is 0 Å². The van der Waals surface area contributed by atoms with Gasteiger partial charge in [-0.1, -0.05) is 11.8 Å². The number of H-pyrrole nitrogens is 1. The second-order valence-corrected chi connectivity index (χ2v) is 5.82. The Morgan fingerprint density at radius 3 is 2.95 bits per heavy atom. The van der Waals surface area contributed by atoms with Crippen LogP contribution in [0.5, 0.6) is 0 Å². The van der Waals surface area contributed by atoms with Crippen molar-refractivity contribution in [1.29, 1.82) is 0 Å². The number of aromatic amines is 1. The molecule has 1 N–H and O–H groups in total. The lowest BCUT2D eigenvalue weighted by Gasteiger charge is -2.27. The van der Waals surface area contributed by atoms with Crippen molar-refractivity contribution in [3.05, 3.63) is 56.9 Å². The van der Waals surface area contributed by atoms with Gasteiger partial charge in [-0.3, -0.25) is 9.69 Å². The van der Waals surface area contributed by atoms with Gasteiger partial charge in [-0.2, -0.15) is 4.73 Å². The van der Waals surface area contributed by atoms with E-state index in [1.165, 1.54) is 24.2 Å². The van der Waals surface area contributed by atoms with Crippen LogP contribution in [-0.2, 0) is 19.5 Å². The molecule has 21 heavy (non-hydrogen) atoms. The zero-order valence-electron chi connectivity index (χ0n) is 11.7. The van der Waals surface area contributed by atoms with E-state index in [0.29, 0.717) is 11.7 Å². The zero-order chi connectivity index (χ0) is 14.8. The first kappa shape index (κ1) is 14.1.